The van der Waals surface area contributed by atoms with Crippen molar-refractivity contribution in [3.63, 3.8) is 0 Å². The first-order valence-corrected chi connectivity index (χ1v) is 10.3. The summed E-state index contributed by atoms with van der Waals surface area (Å²) in [5, 5.41) is 6.05. The number of amides is 4. The summed E-state index contributed by atoms with van der Waals surface area (Å²) >= 11 is 0. The van der Waals surface area contributed by atoms with Crippen LogP contribution in [0.15, 0.2) is 29.3 Å². The fourth-order valence-corrected chi connectivity index (χ4v) is 4.32. The fourth-order valence-electron chi connectivity index (χ4n) is 4.32. The third kappa shape index (κ3) is 3.55. The minimum Gasteiger partial charge on any atom is -0.354 e. The minimum atomic E-state index is -0.705. The van der Waals surface area contributed by atoms with Crippen molar-refractivity contribution in [3.8, 4) is 0 Å². The van der Waals surface area contributed by atoms with Crippen LogP contribution in [-0.4, -0.2) is 50.9 Å². The van der Waals surface area contributed by atoms with Gasteiger partial charge in [0.2, 0.25) is 5.91 Å². The van der Waals surface area contributed by atoms with Gasteiger partial charge in [-0.15, -0.1) is 0 Å². The van der Waals surface area contributed by atoms with Crippen LogP contribution in [-0.2, 0) is 16.1 Å². The Labute approximate surface area is 173 Å². The van der Waals surface area contributed by atoms with E-state index in [0.29, 0.717) is 36.7 Å². The molecule has 1 spiro atoms. The van der Waals surface area contributed by atoms with Gasteiger partial charge in [0.1, 0.15) is 12.1 Å². The molecule has 30 heavy (non-hydrogen) atoms. The average molecular weight is 411 g/mol. The van der Waals surface area contributed by atoms with E-state index in [0.717, 1.165) is 18.4 Å². The lowest BCUT2D eigenvalue weighted by Crippen LogP contribution is -2.44. The van der Waals surface area contributed by atoms with Crippen LogP contribution in [0.25, 0.3) is 10.9 Å². The Balaban J connectivity index is 1.29. The van der Waals surface area contributed by atoms with Gasteiger partial charge in [-0.05, 0) is 37.8 Å². The van der Waals surface area contributed by atoms with Crippen LogP contribution in [0.3, 0.4) is 0 Å². The highest BCUT2D eigenvalue weighted by Crippen LogP contribution is 2.34. The molecule has 0 radical (unpaired) electrons. The summed E-state index contributed by atoms with van der Waals surface area (Å²) in [7, 11) is 0. The normalized spacial score (nSPS) is 17.7. The van der Waals surface area contributed by atoms with E-state index in [1.165, 1.54) is 15.8 Å². The lowest BCUT2D eigenvalue weighted by Gasteiger charge is -2.20. The van der Waals surface area contributed by atoms with Crippen molar-refractivity contribution in [1.29, 1.82) is 0 Å². The van der Waals surface area contributed by atoms with Gasteiger partial charge in [0.05, 0.1) is 17.2 Å². The van der Waals surface area contributed by atoms with E-state index < -0.39 is 5.54 Å². The third-order valence-corrected chi connectivity index (χ3v) is 5.95. The topological polar surface area (TPSA) is 113 Å². The highest BCUT2D eigenvalue weighted by atomic mass is 16.2. The van der Waals surface area contributed by atoms with Crippen LogP contribution < -0.4 is 16.2 Å². The van der Waals surface area contributed by atoms with E-state index in [9.17, 15) is 19.2 Å². The van der Waals surface area contributed by atoms with E-state index in [1.807, 2.05) is 13.0 Å². The summed E-state index contributed by atoms with van der Waals surface area (Å²) in [6, 6.07) is 5.02. The van der Waals surface area contributed by atoms with Gasteiger partial charge in [-0.2, -0.15) is 0 Å². The zero-order valence-electron chi connectivity index (χ0n) is 16.9. The summed E-state index contributed by atoms with van der Waals surface area (Å²) in [6.07, 6.45) is 5.10. The molecule has 4 amide bonds. The largest absolute Gasteiger partial charge is 0.354 e. The summed E-state index contributed by atoms with van der Waals surface area (Å²) in [5.74, 6) is -0.476. The molecule has 2 N–H and O–H groups in total. The van der Waals surface area contributed by atoms with E-state index in [1.54, 1.807) is 12.1 Å². The number of urea groups is 1. The Morgan fingerprint density at radius 3 is 2.77 bits per heavy atom. The molecular formula is C21H25N5O4. The van der Waals surface area contributed by atoms with Crippen LogP contribution in [0.2, 0.25) is 0 Å². The lowest BCUT2D eigenvalue weighted by molar-refractivity contribution is -0.131. The number of aromatic nitrogens is 2. The number of carbonyl (C=O) groups is 3. The standard InChI is InChI=1S/C21H25N5O4/c1-14-6-4-7-15-17(14)23-13-25(18(15)28)12-16(27)22-10-5-11-26-19(29)21(24-20(26)30)8-2-3-9-21/h4,6-7,13H,2-3,5,8-12H2,1H3,(H,22,27)(H,24,30). The highest BCUT2D eigenvalue weighted by molar-refractivity contribution is 6.07. The second-order valence-corrected chi connectivity index (χ2v) is 8.03. The Morgan fingerprint density at radius 2 is 2.00 bits per heavy atom. The molecule has 2 aliphatic rings. The van der Waals surface area contributed by atoms with Crippen molar-refractivity contribution in [2.75, 3.05) is 13.1 Å². The van der Waals surface area contributed by atoms with Crippen molar-refractivity contribution in [3.05, 3.63) is 40.4 Å². The van der Waals surface area contributed by atoms with Gasteiger partial charge >= 0.3 is 6.03 Å². The maximum absolute atomic E-state index is 12.6. The SMILES string of the molecule is Cc1cccc2c(=O)n(CC(=O)NCCCN3C(=O)NC4(CCCC4)C3=O)cnc12. The zero-order chi connectivity index (χ0) is 21.3. The van der Waals surface area contributed by atoms with Crippen molar-refractivity contribution in [2.24, 2.45) is 0 Å². The smallest absolute Gasteiger partial charge is 0.325 e. The Kier molecular flexibility index (Phi) is 5.27. The molecule has 9 heteroatoms. The van der Waals surface area contributed by atoms with Gasteiger partial charge in [0.25, 0.3) is 11.5 Å². The van der Waals surface area contributed by atoms with Crippen molar-refractivity contribution < 1.29 is 14.4 Å². The number of para-hydroxylation sites is 1. The molecule has 0 atom stereocenters. The van der Waals surface area contributed by atoms with Crippen molar-refractivity contribution in [2.45, 2.75) is 51.1 Å². The highest BCUT2D eigenvalue weighted by Gasteiger charge is 2.51. The summed E-state index contributed by atoms with van der Waals surface area (Å²) < 4.78 is 1.28. The predicted molar refractivity (Wildman–Crippen MR) is 110 cm³/mol. The minimum absolute atomic E-state index is 0.137. The summed E-state index contributed by atoms with van der Waals surface area (Å²) in [6.45, 7) is 2.30. The molecule has 1 aliphatic carbocycles. The molecule has 1 saturated carbocycles. The number of benzene rings is 1. The molecule has 0 unspecified atom stereocenters. The molecule has 0 bridgehead atoms. The van der Waals surface area contributed by atoms with Crippen molar-refractivity contribution in [1.82, 2.24) is 25.1 Å². The number of nitrogens with zero attached hydrogens (tertiary/aromatic N) is 3. The second kappa shape index (κ2) is 7.89. The van der Waals surface area contributed by atoms with Crippen LogP contribution in [0.5, 0.6) is 0 Å². The Hall–Kier alpha value is -3.23. The lowest BCUT2D eigenvalue weighted by atomic mass is 9.98. The van der Waals surface area contributed by atoms with Crippen LogP contribution in [0.1, 0.15) is 37.7 Å². The maximum Gasteiger partial charge on any atom is 0.325 e. The third-order valence-electron chi connectivity index (χ3n) is 5.95. The molecule has 158 valence electrons. The Bertz CT molecular complexity index is 1070. The first kappa shape index (κ1) is 20.1. The summed E-state index contributed by atoms with van der Waals surface area (Å²) in [5.41, 5.74) is 0.567. The number of imide groups is 1. The monoisotopic (exact) mass is 411 g/mol. The average Bonchev–Trinajstić information content (AvgIpc) is 3.28. The van der Waals surface area contributed by atoms with E-state index in [4.69, 9.17) is 0 Å². The number of hydrogen-bond acceptors (Lipinski definition) is 5. The first-order valence-electron chi connectivity index (χ1n) is 10.3. The number of hydrogen-bond donors (Lipinski definition) is 2. The first-order chi connectivity index (χ1) is 14.4. The Morgan fingerprint density at radius 1 is 1.23 bits per heavy atom. The van der Waals surface area contributed by atoms with Gasteiger partial charge in [0, 0.05) is 13.1 Å². The summed E-state index contributed by atoms with van der Waals surface area (Å²) in [4.78, 5) is 55.1. The van der Waals surface area contributed by atoms with Gasteiger partial charge < -0.3 is 10.6 Å². The number of aryl methyl sites for hydroxylation is 1. The number of fused-ring (bicyclic) bond motifs is 1. The molecule has 9 nitrogen and oxygen atoms in total. The van der Waals surface area contributed by atoms with Crippen LogP contribution in [0, 0.1) is 6.92 Å². The molecule has 1 aromatic heterocycles. The van der Waals surface area contributed by atoms with Crippen LogP contribution in [0.4, 0.5) is 4.79 Å². The van der Waals surface area contributed by atoms with Gasteiger partial charge in [-0.1, -0.05) is 25.0 Å². The molecule has 2 aromatic rings. The molecule has 2 fully saturated rings. The molecule has 2 heterocycles. The van der Waals surface area contributed by atoms with E-state index in [-0.39, 0.29) is 36.5 Å². The molecule has 1 saturated heterocycles. The van der Waals surface area contributed by atoms with Crippen LogP contribution >= 0.6 is 0 Å². The van der Waals surface area contributed by atoms with E-state index in [2.05, 4.69) is 15.6 Å². The molecular weight excluding hydrogens is 386 g/mol. The molecule has 1 aliphatic heterocycles. The van der Waals surface area contributed by atoms with Gasteiger partial charge in [0.15, 0.2) is 0 Å². The quantitative estimate of drug-likeness (QED) is 0.545. The molecule has 1 aromatic carbocycles. The van der Waals surface area contributed by atoms with Crippen molar-refractivity contribution >= 4 is 28.7 Å². The number of nitrogens with one attached hydrogen (secondary N) is 2. The fraction of sp³-hybridized carbons (Fsp3) is 0.476. The maximum atomic E-state index is 12.6. The predicted octanol–water partition coefficient (Wildman–Crippen LogP) is 1.08. The van der Waals surface area contributed by atoms with E-state index >= 15 is 0 Å². The zero-order valence-corrected chi connectivity index (χ0v) is 16.9. The number of rotatable bonds is 6. The van der Waals surface area contributed by atoms with Gasteiger partial charge in [-0.25, -0.2) is 9.78 Å². The molecule has 4 rings (SSSR count). The second-order valence-electron chi connectivity index (χ2n) is 8.03. The number of carbonyl (C=O) groups excluding carboxylic acids is 3. The van der Waals surface area contributed by atoms with Gasteiger partial charge in [-0.3, -0.25) is 23.9 Å².